The number of aryl methyl sites for hydroxylation is 1. The topological polar surface area (TPSA) is 103 Å². The van der Waals surface area contributed by atoms with Crippen LogP contribution in [-0.2, 0) is 21.2 Å². The summed E-state index contributed by atoms with van der Waals surface area (Å²) in [6.45, 7) is 0.166. The highest BCUT2D eigenvalue weighted by molar-refractivity contribution is 7.92. The predicted octanol–water partition coefficient (Wildman–Crippen LogP) is 1.95. The molecule has 0 atom stereocenters. The van der Waals surface area contributed by atoms with E-state index in [1.54, 1.807) is 32.4 Å². The van der Waals surface area contributed by atoms with Crippen LogP contribution in [0.5, 0.6) is 23.0 Å². The molecule has 168 valence electrons. The van der Waals surface area contributed by atoms with Crippen molar-refractivity contribution in [3.63, 3.8) is 0 Å². The number of carbonyl (C=O) groups is 1. The van der Waals surface area contributed by atoms with E-state index in [0.717, 1.165) is 22.5 Å². The summed E-state index contributed by atoms with van der Waals surface area (Å²) in [5, 5.41) is 2.77. The summed E-state index contributed by atoms with van der Waals surface area (Å²) in [5.41, 5.74) is 1.39. The monoisotopic (exact) mass is 450 g/mol. The number of carbonyl (C=O) groups excluding carboxylic acids is 1. The highest BCUT2D eigenvalue weighted by atomic mass is 32.2. The van der Waals surface area contributed by atoms with Crippen LogP contribution in [-0.4, -0.2) is 54.7 Å². The standard InChI is InChI=1S/C21H26N2O7S/c1-27-17-8-6-15(11-19(17)28-2)5-4-10-22-21(24)13-23(31(3,25)26)16-7-9-18-20(12-16)30-14-29-18/h6-9,11-12H,4-5,10,13-14H2,1-3H3,(H,22,24). The second kappa shape index (κ2) is 9.78. The van der Waals surface area contributed by atoms with Crippen LogP contribution >= 0.6 is 0 Å². The van der Waals surface area contributed by atoms with Crippen LogP contribution < -0.4 is 28.6 Å². The first-order valence-electron chi connectivity index (χ1n) is 9.67. The van der Waals surface area contributed by atoms with Gasteiger partial charge in [-0.15, -0.1) is 0 Å². The van der Waals surface area contributed by atoms with Crippen LogP contribution in [0.3, 0.4) is 0 Å². The molecule has 0 radical (unpaired) electrons. The lowest BCUT2D eigenvalue weighted by molar-refractivity contribution is -0.119. The third-order valence-electron chi connectivity index (χ3n) is 4.74. The molecule has 1 heterocycles. The van der Waals surface area contributed by atoms with Gasteiger partial charge in [0.2, 0.25) is 22.7 Å². The predicted molar refractivity (Wildman–Crippen MR) is 116 cm³/mol. The largest absolute Gasteiger partial charge is 0.493 e. The number of hydrogen-bond donors (Lipinski definition) is 1. The quantitative estimate of drug-likeness (QED) is 0.552. The Hall–Kier alpha value is -3.14. The Morgan fingerprint density at radius 1 is 1.06 bits per heavy atom. The molecular formula is C21H26N2O7S. The Morgan fingerprint density at radius 3 is 2.52 bits per heavy atom. The molecule has 2 aromatic carbocycles. The minimum absolute atomic E-state index is 0.0816. The second-order valence-electron chi connectivity index (χ2n) is 6.95. The van der Waals surface area contributed by atoms with Crippen molar-refractivity contribution < 1.29 is 32.2 Å². The fourth-order valence-corrected chi connectivity index (χ4v) is 4.03. The first-order chi connectivity index (χ1) is 14.8. The van der Waals surface area contributed by atoms with Crippen molar-refractivity contribution in [3.8, 4) is 23.0 Å². The van der Waals surface area contributed by atoms with Crippen LogP contribution in [0.2, 0.25) is 0 Å². The normalized spacial score (nSPS) is 12.4. The fraction of sp³-hybridized carbons (Fsp3) is 0.381. The number of nitrogens with one attached hydrogen (secondary N) is 1. The first kappa shape index (κ1) is 22.5. The maximum Gasteiger partial charge on any atom is 0.240 e. The van der Waals surface area contributed by atoms with Crippen LogP contribution in [0.25, 0.3) is 0 Å². The van der Waals surface area contributed by atoms with Crippen molar-refractivity contribution in [3.05, 3.63) is 42.0 Å². The van der Waals surface area contributed by atoms with E-state index in [9.17, 15) is 13.2 Å². The Bertz CT molecular complexity index is 1040. The van der Waals surface area contributed by atoms with E-state index < -0.39 is 15.9 Å². The zero-order valence-electron chi connectivity index (χ0n) is 17.7. The minimum Gasteiger partial charge on any atom is -0.493 e. The van der Waals surface area contributed by atoms with Gasteiger partial charge in [0.15, 0.2) is 23.0 Å². The van der Waals surface area contributed by atoms with Gasteiger partial charge < -0.3 is 24.3 Å². The summed E-state index contributed by atoms with van der Waals surface area (Å²) < 4.78 is 46.6. The molecule has 0 fully saturated rings. The lowest BCUT2D eigenvalue weighted by atomic mass is 10.1. The molecule has 2 aromatic rings. The van der Waals surface area contributed by atoms with Crippen molar-refractivity contribution >= 4 is 21.6 Å². The molecule has 31 heavy (non-hydrogen) atoms. The molecule has 0 unspecified atom stereocenters. The molecule has 0 spiro atoms. The lowest BCUT2D eigenvalue weighted by Crippen LogP contribution is -2.40. The van der Waals surface area contributed by atoms with Gasteiger partial charge in [-0.25, -0.2) is 8.42 Å². The van der Waals surface area contributed by atoms with Gasteiger partial charge in [-0.05, 0) is 42.7 Å². The second-order valence-corrected chi connectivity index (χ2v) is 8.86. The average molecular weight is 451 g/mol. The van der Waals surface area contributed by atoms with Crippen molar-refractivity contribution in [2.75, 3.05) is 44.7 Å². The average Bonchev–Trinajstić information content (AvgIpc) is 3.22. The molecule has 1 aliphatic heterocycles. The summed E-state index contributed by atoms with van der Waals surface area (Å²) in [5.74, 6) is 1.90. The molecule has 10 heteroatoms. The van der Waals surface area contributed by atoms with Gasteiger partial charge in [-0.1, -0.05) is 6.07 Å². The minimum atomic E-state index is -3.67. The van der Waals surface area contributed by atoms with E-state index in [1.807, 2.05) is 18.2 Å². The molecule has 0 saturated carbocycles. The molecule has 0 aromatic heterocycles. The maximum absolute atomic E-state index is 12.4. The lowest BCUT2D eigenvalue weighted by Gasteiger charge is -2.22. The van der Waals surface area contributed by atoms with Gasteiger partial charge in [0.05, 0.1) is 26.2 Å². The van der Waals surface area contributed by atoms with Crippen LogP contribution in [0.15, 0.2) is 36.4 Å². The third-order valence-corrected chi connectivity index (χ3v) is 5.88. The molecule has 0 saturated heterocycles. The van der Waals surface area contributed by atoms with Gasteiger partial charge >= 0.3 is 0 Å². The van der Waals surface area contributed by atoms with Crippen molar-refractivity contribution in [1.29, 1.82) is 0 Å². The third kappa shape index (κ3) is 5.72. The molecule has 0 bridgehead atoms. The van der Waals surface area contributed by atoms with Crippen molar-refractivity contribution in [2.45, 2.75) is 12.8 Å². The van der Waals surface area contributed by atoms with Gasteiger partial charge in [0, 0.05) is 12.6 Å². The van der Waals surface area contributed by atoms with Gasteiger partial charge in [0.1, 0.15) is 6.54 Å². The number of hydrogen-bond acceptors (Lipinski definition) is 7. The molecule has 1 aliphatic rings. The number of benzene rings is 2. The molecule has 1 N–H and O–H groups in total. The van der Waals surface area contributed by atoms with Crippen LogP contribution in [0.1, 0.15) is 12.0 Å². The summed E-state index contributed by atoms with van der Waals surface area (Å²) in [6.07, 6.45) is 2.46. The van der Waals surface area contributed by atoms with Crippen LogP contribution in [0, 0.1) is 0 Å². The highest BCUT2D eigenvalue weighted by Gasteiger charge is 2.23. The number of amides is 1. The number of nitrogens with zero attached hydrogens (tertiary/aromatic N) is 1. The molecule has 9 nitrogen and oxygen atoms in total. The Labute approximate surface area is 181 Å². The van der Waals surface area contributed by atoms with Gasteiger partial charge in [0.25, 0.3) is 0 Å². The Morgan fingerprint density at radius 2 is 1.81 bits per heavy atom. The van der Waals surface area contributed by atoms with E-state index in [4.69, 9.17) is 18.9 Å². The molecule has 3 rings (SSSR count). The number of rotatable bonds is 10. The number of ether oxygens (including phenoxy) is 4. The van der Waals surface area contributed by atoms with Crippen LogP contribution in [0.4, 0.5) is 5.69 Å². The zero-order chi connectivity index (χ0) is 22.4. The smallest absolute Gasteiger partial charge is 0.240 e. The van der Waals surface area contributed by atoms with E-state index in [-0.39, 0.29) is 13.3 Å². The highest BCUT2D eigenvalue weighted by Crippen LogP contribution is 2.36. The van der Waals surface area contributed by atoms with E-state index in [0.29, 0.717) is 41.7 Å². The number of sulfonamides is 1. The summed E-state index contributed by atoms with van der Waals surface area (Å²) in [4.78, 5) is 12.4. The van der Waals surface area contributed by atoms with Gasteiger partial charge in [-0.3, -0.25) is 9.10 Å². The van der Waals surface area contributed by atoms with Crippen molar-refractivity contribution in [2.24, 2.45) is 0 Å². The van der Waals surface area contributed by atoms with E-state index in [2.05, 4.69) is 5.32 Å². The summed E-state index contributed by atoms with van der Waals surface area (Å²) >= 11 is 0. The molecule has 0 aliphatic carbocycles. The summed E-state index contributed by atoms with van der Waals surface area (Å²) in [6, 6.07) is 10.4. The number of fused-ring (bicyclic) bond motifs is 1. The Kier molecular flexibility index (Phi) is 7.11. The zero-order valence-corrected chi connectivity index (χ0v) is 18.5. The molecule has 1 amide bonds. The Balaban J connectivity index is 1.55. The first-order valence-corrected chi connectivity index (χ1v) is 11.5. The van der Waals surface area contributed by atoms with Gasteiger partial charge in [-0.2, -0.15) is 0 Å². The fourth-order valence-electron chi connectivity index (χ4n) is 3.18. The SMILES string of the molecule is COc1ccc(CCCNC(=O)CN(c2ccc3c(c2)OCO3)S(C)(=O)=O)cc1OC. The number of anilines is 1. The molecular weight excluding hydrogens is 424 g/mol. The van der Waals surface area contributed by atoms with E-state index in [1.165, 1.54) is 0 Å². The van der Waals surface area contributed by atoms with E-state index >= 15 is 0 Å². The summed E-state index contributed by atoms with van der Waals surface area (Å²) in [7, 11) is -0.509. The van der Waals surface area contributed by atoms with Crippen molar-refractivity contribution in [1.82, 2.24) is 5.32 Å². The number of methoxy groups -OCH3 is 2. The maximum atomic E-state index is 12.4.